The third kappa shape index (κ3) is 4.89. The van der Waals surface area contributed by atoms with Crippen LogP contribution in [-0.2, 0) is 19.7 Å². The maximum absolute atomic E-state index is 5.78. The van der Waals surface area contributed by atoms with Gasteiger partial charge in [-0.05, 0) is 54.4 Å². The summed E-state index contributed by atoms with van der Waals surface area (Å²) in [6.45, 7) is 4.13. The second kappa shape index (κ2) is 8.22. The highest BCUT2D eigenvalue weighted by Crippen LogP contribution is 2.14. The fraction of sp³-hybridized carbons (Fsp3) is 0.200. The fourth-order valence-corrected chi connectivity index (χ4v) is 2.38. The number of ether oxygens (including phenoxy) is 1. The molecule has 0 amide bonds. The zero-order valence-electron chi connectivity index (χ0n) is 13.8. The quantitative estimate of drug-likeness (QED) is 0.722. The first-order valence-electron chi connectivity index (χ1n) is 8.03. The summed E-state index contributed by atoms with van der Waals surface area (Å²) in [7, 11) is 0. The van der Waals surface area contributed by atoms with E-state index in [4.69, 9.17) is 4.74 Å². The molecule has 0 spiro atoms. The maximum atomic E-state index is 5.78. The Hall–Kier alpha value is -2.72. The van der Waals surface area contributed by atoms with Crippen LogP contribution in [0.5, 0.6) is 5.75 Å². The molecule has 122 valence electrons. The lowest BCUT2D eigenvalue weighted by atomic mass is 10.2. The molecule has 0 bridgehead atoms. The summed E-state index contributed by atoms with van der Waals surface area (Å²) in [4.78, 5) is 8.48. The van der Waals surface area contributed by atoms with Crippen molar-refractivity contribution >= 4 is 0 Å². The molecule has 3 rings (SSSR count). The van der Waals surface area contributed by atoms with Crippen LogP contribution in [0.1, 0.15) is 22.5 Å². The Kier molecular flexibility index (Phi) is 5.53. The SMILES string of the molecule is Cc1cccc(CNCc2ccc(OCc3ccncc3)cc2)n1. The average Bonchev–Trinajstić information content (AvgIpc) is 2.62. The summed E-state index contributed by atoms with van der Waals surface area (Å²) in [6.07, 6.45) is 3.55. The largest absolute Gasteiger partial charge is 0.489 e. The highest BCUT2D eigenvalue weighted by atomic mass is 16.5. The molecule has 4 nitrogen and oxygen atoms in total. The standard InChI is InChI=1S/C20H21N3O/c1-16-3-2-4-19(23-16)14-22-13-17-5-7-20(8-6-17)24-15-18-9-11-21-12-10-18/h2-12,22H,13-15H2,1H3. The number of aryl methyl sites for hydroxylation is 1. The minimum atomic E-state index is 0.555. The number of hydrogen-bond donors (Lipinski definition) is 1. The van der Waals surface area contributed by atoms with Crippen molar-refractivity contribution in [3.63, 3.8) is 0 Å². The van der Waals surface area contributed by atoms with Gasteiger partial charge in [0.25, 0.3) is 0 Å². The van der Waals surface area contributed by atoms with E-state index in [9.17, 15) is 0 Å². The summed E-state index contributed by atoms with van der Waals surface area (Å²) in [6, 6.07) is 18.2. The monoisotopic (exact) mass is 319 g/mol. The molecule has 2 aromatic heterocycles. The van der Waals surface area contributed by atoms with Gasteiger partial charge >= 0.3 is 0 Å². The first-order chi connectivity index (χ1) is 11.8. The van der Waals surface area contributed by atoms with E-state index in [0.717, 1.165) is 35.8 Å². The first kappa shape index (κ1) is 16.1. The number of aromatic nitrogens is 2. The van der Waals surface area contributed by atoms with E-state index < -0.39 is 0 Å². The molecule has 1 aromatic carbocycles. The van der Waals surface area contributed by atoms with Crippen LogP contribution in [0.15, 0.2) is 67.0 Å². The van der Waals surface area contributed by atoms with E-state index in [1.54, 1.807) is 12.4 Å². The van der Waals surface area contributed by atoms with E-state index in [-0.39, 0.29) is 0 Å². The normalized spacial score (nSPS) is 10.5. The Balaban J connectivity index is 1.46. The molecule has 24 heavy (non-hydrogen) atoms. The van der Waals surface area contributed by atoms with Crippen LogP contribution >= 0.6 is 0 Å². The second-order valence-electron chi connectivity index (χ2n) is 5.66. The van der Waals surface area contributed by atoms with E-state index in [0.29, 0.717) is 6.61 Å². The Morgan fingerprint density at radius 1 is 0.875 bits per heavy atom. The van der Waals surface area contributed by atoms with Crippen molar-refractivity contribution in [2.24, 2.45) is 0 Å². The minimum Gasteiger partial charge on any atom is -0.489 e. The van der Waals surface area contributed by atoms with Crippen LogP contribution in [0.4, 0.5) is 0 Å². The van der Waals surface area contributed by atoms with Gasteiger partial charge in [0.05, 0.1) is 5.69 Å². The van der Waals surface area contributed by atoms with Gasteiger partial charge in [0.2, 0.25) is 0 Å². The van der Waals surface area contributed by atoms with Crippen LogP contribution in [0.3, 0.4) is 0 Å². The van der Waals surface area contributed by atoms with Crippen molar-refractivity contribution in [3.8, 4) is 5.75 Å². The van der Waals surface area contributed by atoms with Gasteiger partial charge in [-0.3, -0.25) is 9.97 Å². The summed E-state index contributed by atoms with van der Waals surface area (Å²) >= 11 is 0. The van der Waals surface area contributed by atoms with Gasteiger partial charge < -0.3 is 10.1 Å². The molecule has 3 aromatic rings. The lowest BCUT2D eigenvalue weighted by molar-refractivity contribution is 0.306. The van der Waals surface area contributed by atoms with Crippen molar-refractivity contribution < 1.29 is 4.74 Å². The number of pyridine rings is 2. The van der Waals surface area contributed by atoms with Gasteiger partial charge in [-0.2, -0.15) is 0 Å². The van der Waals surface area contributed by atoms with Gasteiger partial charge in [-0.15, -0.1) is 0 Å². The lowest BCUT2D eigenvalue weighted by Gasteiger charge is -2.08. The lowest BCUT2D eigenvalue weighted by Crippen LogP contribution is -2.13. The molecule has 0 aliphatic carbocycles. The average molecular weight is 319 g/mol. The Morgan fingerprint density at radius 2 is 1.67 bits per heavy atom. The van der Waals surface area contributed by atoms with Crippen molar-refractivity contribution in [1.29, 1.82) is 0 Å². The van der Waals surface area contributed by atoms with Gasteiger partial charge in [-0.1, -0.05) is 18.2 Å². The van der Waals surface area contributed by atoms with E-state index in [2.05, 4.69) is 27.4 Å². The third-order valence-electron chi connectivity index (χ3n) is 3.66. The molecular weight excluding hydrogens is 298 g/mol. The highest BCUT2D eigenvalue weighted by molar-refractivity contribution is 5.27. The van der Waals surface area contributed by atoms with Gasteiger partial charge in [-0.25, -0.2) is 0 Å². The highest BCUT2D eigenvalue weighted by Gasteiger charge is 1.99. The van der Waals surface area contributed by atoms with Gasteiger partial charge in [0.1, 0.15) is 12.4 Å². The topological polar surface area (TPSA) is 47.0 Å². The van der Waals surface area contributed by atoms with Crippen LogP contribution in [-0.4, -0.2) is 9.97 Å². The molecule has 0 atom stereocenters. The molecule has 0 unspecified atom stereocenters. The molecule has 0 radical (unpaired) electrons. The fourth-order valence-electron chi connectivity index (χ4n) is 2.38. The zero-order valence-corrected chi connectivity index (χ0v) is 13.8. The zero-order chi connectivity index (χ0) is 16.6. The van der Waals surface area contributed by atoms with Crippen LogP contribution in [0.25, 0.3) is 0 Å². The molecule has 2 heterocycles. The summed E-state index contributed by atoms with van der Waals surface area (Å²) in [5.74, 6) is 0.871. The van der Waals surface area contributed by atoms with E-state index in [1.807, 2.05) is 49.4 Å². The predicted molar refractivity (Wildman–Crippen MR) is 94.5 cm³/mol. The van der Waals surface area contributed by atoms with Crippen LogP contribution in [0, 0.1) is 6.92 Å². The Morgan fingerprint density at radius 3 is 2.42 bits per heavy atom. The minimum absolute atomic E-state index is 0.555. The maximum Gasteiger partial charge on any atom is 0.119 e. The number of nitrogens with zero attached hydrogens (tertiary/aromatic N) is 2. The van der Waals surface area contributed by atoms with Gasteiger partial charge in [0, 0.05) is 31.2 Å². The van der Waals surface area contributed by atoms with Crippen molar-refractivity contribution in [3.05, 3.63) is 89.5 Å². The van der Waals surface area contributed by atoms with Crippen LogP contribution < -0.4 is 10.1 Å². The molecule has 0 aliphatic rings. The third-order valence-corrected chi connectivity index (χ3v) is 3.66. The molecule has 0 aliphatic heterocycles. The number of rotatable bonds is 7. The summed E-state index contributed by atoms with van der Waals surface area (Å²) in [5.41, 5.74) is 4.44. The molecule has 0 fully saturated rings. The summed E-state index contributed by atoms with van der Waals surface area (Å²) in [5, 5.41) is 3.41. The smallest absolute Gasteiger partial charge is 0.119 e. The molecule has 0 saturated heterocycles. The first-order valence-corrected chi connectivity index (χ1v) is 8.03. The van der Waals surface area contributed by atoms with E-state index >= 15 is 0 Å². The van der Waals surface area contributed by atoms with E-state index in [1.165, 1.54) is 5.56 Å². The molecular formula is C20H21N3O. The molecule has 1 N–H and O–H groups in total. The van der Waals surface area contributed by atoms with Gasteiger partial charge in [0.15, 0.2) is 0 Å². The van der Waals surface area contributed by atoms with Crippen molar-refractivity contribution in [1.82, 2.24) is 15.3 Å². The molecule has 4 heteroatoms. The summed E-state index contributed by atoms with van der Waals surface area (Å²) < 4.78 is 5.78. The van der Waals surface area contributed by atoms with Crippen LogP contribution in [0.2, 0.25) is 0 Å². The Labute approximate surface area is 142 Å². The predicted octanol–water partition coefficient (Wildman–Crippen LogP) is 3.65. The van der Waals surface area contributed by atoms with Crippen molar-refractivity contribution in [2.45, 2.75) is 26.6 Å². The number of nitrogens with one attached hydrogen (secondary N) is 1. The second-order valence-corrected chi connectivity index (χ2v) is 5.66. The Bertz CT molecular complexity index is 757. The van der Waals surface area contributed by atoms with Crippen molar-refractivity contribution in [2.75, 3.05) is 0 Å². The number of benzene rings is 1. The number of hydrogen-bond acceptors (Lipinski definition) is 4. The molecule has 0 saturated carbocycles.